The minimum absolute atomic E-state index is 0.0453. The molecule has 1 rings (SSSR count). The number of nitrogens with one attached hydrogen (secondary N) is 1. The van der Waals surface area contributed by atoms with Crippen molar-refractivity contribution in [1.29, 1.82) is 0 Å². The molecule has 3 nitrogen and oxygen atoms in total. The number of hydrogen-bond acceptors (Lipinski definition) is 2. The van der Waals surface area contributed by atoms with Gasteiger partial charge in [0.15, 0.2) is 0 Å². The van der Waals surface area contributed by atoms with E-state index < -0.39 is 17.6 Å². The van der Waals surface area contributed by atoms with E-state index in [1.165, 1.54) is 6.07 Å². The number of rotatable bonds is 4. The zero-order chi connectivity index (χ0) is 16.4. The lowest BCUT2D eigenvalue weighted by Crippen LogP contribution is -2.37. The first-order valence-corrected chi connectivity index (χ1v) is 6.70. The maximum Gasteiger partial charge on any atom is 0.418 e. The van der Waals surface area contributed by atoms with Crippen molar-refractivity contribution in [1.82, 2.24) is 5.32 Å². The van der Waals surface area contributed by atoms with Crippen molar-refractivity contribution in [3.05, 3.63) is 29.3 Å². The van der Waals surface area contributed by atoms with Crippen molar-refractivity contribution >= 4 is 11.6 Å². The number of nitrogens with two attached hydrogens (primary N) is 1. The lowest BCUT2D eigenvalue weighted by Gasteiger charge is -2.29. The van der Waals surface area contributed by atoms with Crippen molar-refractivity contribution < 1.29 is 18.0 Å². The van der Waals surface area contributed by atoms with Gasteiger partial charge < -0.3 is 11.1 Å². The van der Waals surface area contributed by atoms with Gasteiger partial charge in [-0.1, -0.05) is 27.7 Å². The lowest BCUT2D eigenvalue weighted by molar-refractivity contribution is -0.136. The predicted octanol–water partition coefficient (Wildman–Crippen LogP) is 3.70. The molecule has 0 atom stereocenters. The molecule has 0 bridgehead atoms. The van der Waals surface area contributed by atoms with Gasteiger partial charge in [-0.2, -0.15) is 13.2 Å². The van der Waals surface area contributed by atoms with Crippen LogP contribution in [0.2, 0.25) is 0 Å². The van der Waals surface area contributed by atoms with Crippen molar-refractivity contribution in [2.45, 2.75) is 33.9 Å². The summed E-state index contributed by atoms with van der Waals surface area (Å²) < 4.78 is 38.3. The highest BCUT2D eigenvalue weighted by molar-refractivity contribution is 5.94. The van der Waals surface area contributed by atoms with Crippen LogP contribution in [-0.2, 0) is 6.18 Å². The zero-order valence-corrected chi connectivity index (χ0v) is 12.6. The summed E-state index contributed by atoms with van der Waals surface area (Å²) >= 11 is 0. The van der Waals surface area contributed by atoms with Gasteiger partial charge in [0.1, 0.15) is 0 Å². The zero-order valence-electron chi connectivity index (χ0n) is 12.6. The van der Waals surface area contributed by atoms with Gasteiger partial charge >= 0.3 is 6.18 Å². The minimum atomic E-state index is -4.57. The molecule has 0 saturated heterocycles. The van der Waals surface area contributed by atoms with Crippen LogP contribution < -0.4 is 11.1 Å². The summed E-state index contributed by atoms with van der Waals surface area (Å²) in [5, 5.41) is 2.67. The molecule has 0 unspecified atom stereocenters. The van der Waals surface area contributed by atoms with E-state index >= 15 is 0 Å². The number of carbonyl (C=O) groups excluding carboxylic acids is 1. The van der Waals surface area contributed by atoms with Crippen molar-refractivity contribution in [3.63, 3.8) is 0 Å². The number of nitrogen functional groups attached to an aromatic ring is 1. The van der Waals surface area contributed by atoms with Crippen molar-refractivity contribution in [2.75, 3.05) is 12.3 Å². The fourth-order valence-corrected chi connectivity index (χ4v) is 1.56. The number of carbonyl (C=O) groups is 1. The normalized spacial score (nSPS) is 12.6. The van der Waals surface area contributed by atoms with Crippen LogP contribution >= 0.6 is 0 Å². The SMILES string of the molecule is CC(C)C(C)(C)CNC(=O)c1ccc(N)c(C(F)(F)F)c1. The molecule has 3 N–H and O–H groups in total. The summed E-state index contributed by atoms with van der Waals surface area (Å²) in [5.74, 6) is -0.204. The molecule has 6 heteroatoms. The van der Waals surface area contributed by atoms with E-state index in [0.29, 0.717) is 12.5 Å². The highest BCUT2D eigenvalue weighted by Crippen LogP contribution is 2.34. The third kappa shape index (κ3) is 4.37. The minimum Gasteiger partial charge on any atom is -0.398 e. The third-order valence-electron chi connectivity index (χ3n) is 3.89. The Labute approximate surface area is 122 Å². The van der Waals surface area contributed by atoms with Crippen molar-refractivity contribution in [2.24, 2.45) is 11.3 Å². The molecular weight excluding hydrogens is 281 g/mol. The summed E-state index contributed by atoms with van der Waals surface area (Å²) in [6.45, 7) is 8.41. The van der Waals surface area contributed by atoms with Crippen LogP contribution in [0.25, 0.3) is 0 Å². The number of anilines is 1. The molecule has 0 radical (unpaired) electrons. The predicted molar refractivity (Wildman–Crippen MR) is 76.8 cm³/mol. The second-order valence-corrected chi connectivity index (χ2v) is 6.13. The van der Waals surface area contributed by atoms with Gasteiger partial charge in [-0.25, -0.2) is 0 Å². The smallest absolute Gasteiger partial charge is 0.398 e. The molecule has 1 aromatic rings. The van der Waals surface area contributed by atoms with Crippen LogP contribution in [0.3, 0.4) is 0 Å². The molecule has 0 spiro atoms. The number of amides is 1. The Morgan fingerprint density at radius 3 is 2.33 bits per heavy atom. The number of benzene rings is 1. The molecule has 0 aliphatic carbocycles. The van der Waals surface area contributed by atoms with Gasteiger partial charge in [0.25, 0.3) is 5.91 Å². The van der Waals surface area contributed by atoms with Gasteiger partial charge in [-0.05, 0) is 29.5 Å². The molecule has 0 heterocycles. The quantitative estimate of drug-likeness (QED) is 0.833. The molecule has 0 fully saturated rings. The maximum absolute atomic E-state index is 12.8. The Hall–Kier alpha value is -1.72. The molecule has 1 amide bonds. The maximum atomic E-state index is 12.8. The van der Waals surface area contributed by atoms with E-state index in [9.17, 15) is 18.0 Å². The molecule has 118 valence electrons. The molecule has 0 aliphatic heterocycles. The summed E-state index contributed by atoms with van der Waals surface area (Å²) in [5.41, 5.74) is 3.74. The third-order valence-corrected chi connectivity index (χ3v) is 3.89. The largest absolute Gasteiger partial charge is 0.418 e. The summed E-state index contributed by atoms with van der Waals surface area (Å²) in [6.07, 6.45) is -4.57. The first-order valence-electron chi connectivity index (χ1n) is 6.70. The molecule has 1 aromatic carbocycles. The molecule has 0 aliphatic rings. The van der Waals surface area contributed by atoms with Gasteiger partial charge in [-0.15, -0.1) is 0 Å². The van der Waals surface area contributed by atoms with Crippen LogP contribution in [0, 0.1) is 11.3 Å². The van der Waals surface area contributed by atoms with Gasteiger partial charge in [0.2, 0.25) is 0 Å². The number of alkyl halides is 3. The van der Waals surface area contributed by atoms with Crippen LogP contribution in [0.15, 0.2) is 18.2 Å². The highest BCUT2D eigenvalue weighted by Gasteiger charge is 2.33. The fourth-order valence-electron chi connectivity index (χ4n) is 1.56. The van der Waals surface area contributed by atoms with E-state index in [-0.39, 0.29) is 16.7 Å². The van der Waals surface area contributed by atoms with Crippen LogP contribution in [0.1, 0.15) is 43.6 Å². The van der Waals surface area contributed by atoms with Gasteiger partial charge in [-0.3, -0.25) is 4.79 Å². The summed E-state index contributed by atoms with van der Waals surface area (Å²) in [7, 11) is 0. The molecule has 0 saturated carbocycles. The van der Waals surface area contributed by atoms with E-state index in [0.717, 1.165) is 12.1 Å². The standard InChI is InChI=1S/C15H21F3N2O/c1-9(2)14(3,4)8-20-13(21)10-5-6-12(19)11(7-10)15(16,17)18/h5-7,9H,8,19H2,1-4H3,(H,20,21). The molecular formula is C15H21F3N2O. The second-order valence-electron chi connectivity index (χ2n) is 6.13. The average molecular weight is 302 g/mol. The second kappa shape index (κ2) is 5.95. The number of halogens is 3. The van der Waals surface area contributed by atoms with E-state index in [1.807, 2.05) is 27.7 Å². The molecule has 21 heavy (non-hydrogen) atoms. The fraction of sp³-hybridized carbons (Fsp3) is 0.533. The first-order chi connectivity index (χ1) is 9.45. The Morgan fingerprint density at radius 2 is 1.86 bits per heavy atom. The van der Waals surface area contributed by atoms with E-state index in [2.05, 4.69) is 5.32 Å². The lowest BCUT2D eigenvalue weighted by atomic mass is 9.81. The number of hydrogen-bond donors (Lipinski definition) is 2. The summed E-state index contributed by atoms with van der Waals surface area (Å²) in [4.78, 5) is 12.0. The van der Waals surface area contributed by atoms with Gasteiger partial charge in [0.05, 0.1) is 5.56 Å². The highest BCUT2D eigenvalue weighted by atomic mass is 19.4. The average Bonchev–Trinajstić information content (AvgIpc) is 2.35. The van der Waals surface area contributed by atoms with Crippen LogP contribution in [-0.4, -0.2) is 12.5 Å². The Bertz CT molecular complexity index is 522. The van der Waals surface area contributed by atoms with Crippen molar-refractivity contribution in [3.8, 4) is 0 Å². The first kappa shape index (κ1) is 17.3. The molecule has 0 aromatic heterocycles. The Balaban J connectivity index is 2.90. The topological polar surface area (TPSA) is 55.1 Å². The van der Waals surface area contributed by atoms with E-state index in [4.69, 9.17) is 5.73 Å². The van der Waals surface area contributed by atoms with Crippen LogP contribution in [0.4, 0.5) is 18.9 Å². The van der Waals surface area contributed by atoms with Crippen LogP contribution in [0.5, 0.6) is 0 Å². The summed E-state index contributed by atoms with van der Waals surface area (Å²) in [6, 6.07) is 3.18. The Morgan fingerprint density at radius 1 is 1.29 bits per heavy atom. The Kier molecular flexibility index (Phi) is 4.91. The van der Waals surface area contributed by atoms with Gasteiger partial charge in [0, 0.05) is 17.8 Å². The van der Waals surface area contributed by atoms with E-state index in [1.54, 1.807) is 0 Å². The monoisotopic (exact) mass is 302 g/mol.